The Morgan fingerprint density at radius 3 is 1.59 bits per heavy atom. The molecule has 2 heterocycles. The van der Waals surface area contributed by atoms with E-state index in [0.29, 0.717) is 17.5 Å². The van der Waals surface area contributed by atoms with Gasteiger partial charge in [0.1, 0.15) is 0 Å². The van der Waals surface area contributed by atoms with Crippen LogP contribution in [0.3, 0.4) is 0 Å². The first-order valence-electron chi connectivity index (χ1n) is 19.9. The van der Waals surface area contributed by atoms with Crippen LogP contribution in [-0.2, 0) is 5.41 Å². The van der Waals surface area contributed by atoms with E-state index in [1.54, 1.807) is 0 Å². The van der Waals surface area contributed by atoms with E-state index < -0.39 is 0 Å². The fourth-order valence-electron chi connectivity index (χ4n) is 10.2. The topological polar surface area (TPSA) is 43.6 Å². The molecule has 268 valence electrons. The van der Waals surface area contributed by atoms with Gasteiger partial charge in [-0.05, 0) is 91.3 Å². The second-order valence-electron chi connectivity index (χ2n) is 15.5. The van der Waals surface area contributed by atoms with Gasteiger partial charge in [-0.3, -0.25) is 0 Å². The van der Waals surface area contributed by atoms with Crippen LogP contribution in [0.4, 0.5) is 0 Å². The highest BCUT2D eigenvalue weighted by molar-refractivity contribution is 6.17. The summed E-state index contributed by atoms with van der Waals surface area (Å²) >= 11 is 0. The first kappa shape index (κ1) is 31.5. The molecule has 11 aromatic rings. The van der Waals surface area contributed by atoms with Crippen LogP contribution in [0.5, 0.6) is 0 Å². The number of fused-ring (bicyclic) bond motifs is 10. The van der Waals surface area contributed by atoms with Gasteiger partial charge in [0.25, 0.3) is 0 Å². The van der Waals surface area contributed by atoms with Crippen LogP contribution in [0.1, 0.15) is 22.3 Å². The van der Waals surface area contributed by atoms with E-state index in [2.05, 4.69) is 138 Å². The molecule has 0 saturated carbocycles. The van der Waals surface area contributed by atoms with Crippen LogP contribution in [0, 0.1) is 0 Å². The van der Waals surface area contributed by atoms with Crippen LogP contribution in [0.25, 0.3) is 94.3 Å². The van der Waals surface area contributed by atoms with Crippen LogP contribution in [0.2, 0.25) is 0 Å². The van der Waals surface area contributed by atoms with Gasteiger partial charge >= 0.3 is 0 Å². The smallest absolute Gasteiger partial charge is 0.164 e. The molecule has 0 radical (unpaired) electrons. The maximum absolute atomic E-state index is 5.06. The summed E-state index contributed by atoms with van der Waals surface area (Å²) in [6, 6.07) is 70.2. The van der Waals surface area contributed by atoms with Crippen molar-refractivity contribution in [2.45, 2.75) is 5.41 Å². The van der Waals surface area contributed by atoms with Crippen molar-refractivity contribution in [1.29, 1.82) is 0 Å². The van der Waals surface area contributed by atoms with E-state index in [1.807, 2.05) is 60.7 Å². The highest BCUT2D eigenvalue weighted by Crippen LogP contribution is 2.62. The molecule has 2 aliphatic carbocycles. The molecular formula is C54H32N4. The van der Waals surface area contributed by atoms with Gasteiger partial charge in [0.05, 0.1) is 16.4 Å². The Kier molecular flexibility index (Phi) is 6.34. The van der Waals surface area contributed by atoms with Gasteiger partial charge in [-0.1, -0.05) is 158 Å². The number of benzene rings is 9. The lowest BCUT2D eigenvalue weighted by Gasteiger charge is -2.31. The molecule has 2 aromatic heterocycles. The zero-order chi connectivity index (χ0) is 38.0. The Morgan fingerprint density at radius 2 is 0.897 bits per heavy atom. The lowest BCUT2D eigenvalue weighted by molar-refractivity contribution is 0.796. The van der Waals surface area contributed by atoms with Crippen LogP contribution in [-0.4, -0.2) is 19.5 Å². The summed E-state index contributed by atoms with van der Waals surface area (Å²) in [5.41, 5.74) is 13.9. The monoisotopic (exact) mass is 736 g/mol. The number of rotatable bonds is 4. The van der Waals surface area contributed by atoms with Gasteiger partial charge in [0.2, 0.25) is 0 Å². The van der Waals surface area contributed by atoms with Crippen LogP contribution >= 0.6 is 0 Å². The Labute approximate surface area is 334 Å². The Hall–Kier alpha value is -7.69. The zero-order valence-corrected chi connectivity index (χ0v) is 31.3. The minimum absolute atomic E-state index is 0.384. The molecule has 0 saturated heterocycles. The predicted octanol–water partition coefficient (Wildman–Crippen LogP) is 13.0. The van der Waals surface area contributed by atoms with Gasteiger partial charge in [-0.2, -0.15) is 0 Å². The largest absolute Gasteiger partial charge is 0.309 e. The lowest BCUT2D eigenvalue weighted by Crippen LogP contribution is -2.26. The van der Waals surface area contributed by atoms with Crippen molar-refractivity contribution in [2.24, 2.45) is 0 Å². The molecule has 0 unspecified atom stereocenters. The van der Waals surface area contributed by atoms with Crippen LogP contribution in [0.15, 0.2) is 194 Å². The van der Waals surface area contributed by atoms with Crippen molar-refractivity contribution in [2.75, 3.05) is 0 Å². The standard InChI is InChI=1S/C54H32N4/c1-3-13-35(14-4-1)51-55-52(36-15-5-2-6-16-36)57-53(56-51)37-27-30-48-42(31-37)40-20-8-10-24-47(40)58(48)38-28-29-44-41(32-38)39-19-7-9-21-43(39)54(44)45-22-11-17-33-25-26-34-18-12-23-46(54)50(34)49(33)45/h1-32H. The molecule has 0 bridgehead atoms. The third kappa shape index (κ3) is 4.16. The molecule has 0 N–H and O–H groups in total. The summed E-state index contributed by atoms with van der Waals surface area (Å²) in [6.45, 7) is 0. The quantitative estimate of drug-likeness (QED) is 0.169. The molecule has 1 spiro atoms. The van der Waals surface area contributed by atoms with Crippen molar-refractivity contribution >= 4 is 43.4 Å². The van der Waals surface area contributed by atoms with Crippen molar-refractivity contribution in [1.82, 2.24) is 19.5 Å². The molecule has 4 heteroatoms. The average molecular weight is 737 g/mol. The SMILES string of the molecule is c1ccc(-c2nc(-c3ccccc3)nc(-c3ccc4c(c3)c3ccccc3n4-c3ccc4c(c3)-c3ccccc3C43c4cccc5ccc6cccc3c6c45)n2)cc1. The summed E-state index contributed by atoms with van der Waals surface area (Å²) in [5, 5.41) is 7.69. The number of aromatic nitrogens is 4. The highest BCUT2D eigenvalue weighted by Gasteiger charge is 2.50. The number of nitrogens with zero attached hydrogens (tertiary/aromatic N) is 4. The summed E-state index contributed by atoms with van der Waals surface area (Å²) < 4.78 is 2.42. The summed E-state index contributed by atoms with van der Waals surface area (Å²) in [6.07, 6.45) is 0. The Balaban J connectivity index is 1.02. The molecule has 4 nitrogen and oxygen atoms in total. The van der Waals surface area contributed by atoms with Crippen molar-refractivity contribution in [3.63, 3.8) is 0 Å². The van der Waals surface area contributed by atoms with E-state index in [9.17, 15) is 0 Å². The number of hydrogen-bond acceptors (Lipinski definition) is 3. The minimum Gasteiger partial charge on any atom is -0.309 e. The van der Waals surface area contributed by atoms with E-state index in [-0.39, 0.29) is 5.41 Å². The molecule has 13 rings (SSSR count). The maximum Gasteiger partial charge on any atom is 0.164 e. The van der Waals surface area contributed by atoms with Crippen molar-refractivity contribution in [3.8, 4) is 51.0 Å². The van der Waals surface area contributed by atoms with Crippen molar-refractivity contribution < 1.29 is 0 Å². The molecule has 0 amide bonds. The summed E-state index contributed by atoms with van der Waals surface area (Å²) in [7, 11) is 0. The second kappa shape index (κ2) is 11.7. The summed E-state index contributed by atoms with van der Waals surface area (Å²) in [4.78, 5) is 15.1. The average Bonchev–Trinajstić information content (AvgIpc) is 3.91. The van der Waals surface area contributed by atoms with E-state index >= 15 is 0 Å². The van der Waals surface area contributed by atoms with Gasteiger partial charge < -0.3 is 4.57 Å². The minimum atomic E-state index is -0.384. The Bertz CT molecular complexity index is 3390. The second-order valence-corrected chi connectivity index (χ2v) is 15.5. The molecule has 0 atom stereocenters. The van der Waals surface area contributed by atoms with E-state index in [1.165, 1.54) is 60.3 Å². The lowest BCUT2D eigenvalue weighted by atomic mass is 9.70. The highest BCUT2D eigenvalue weighted by atomic mass is 15.0. The number of hydrogen-bond donors (Lipinski definition) is 0. The third-order valence-electron chi connectivity index (χ3n) is 12.6. The third-order valence-corrected chi connectivity index (χ3v) is 12.6. The normalized spacial score (nSPS) is 13.3. The fraction of sp³-hybridized carbons (Fsp3) is 0.0185. The first-order chi connectivity index (χ1) is 28.8. The van der Waals surface area contributed by atoms with Gasteiger partial charge in [0.15, 0.2) is 17.5 Å². The van der Waals surface area contributed by atoms with E-state index in [0.717, 1.165) is 38.8 Å². The molecule has 9 aromatic carbocycles. The molecule has 2 aliphatic rings. The molecule has 0 aliphatic heterocycles. The zero-order valence-electron chi connectivity index (χ0n) is 31.3. The van der Waals surface area contributed by atoms with Crippen molar-refractivity contribution in [3.05, 3.63) is 216 Å². The maximum atomic E-state index is 5.06. The van der Waals surface area contributed by atoms with Gasteiger partial charge in [-0.15, -0.1) is 0 Å². The number of para-hydroxylation sites is 1. The predicted molar refractivity (Wildman–Crippen MR) is 236 cm³/mol. The molecule has 0 fully saturated rings. The first-order valence-corrected chi connectivity index (χ1v) is 19.9. The fourth-order valence-corrected chi connectivity index (χ4v) is 10.2. The molecular weight excluding hydrogens is 705 g/mol. The van der Waals surface area contributed by atoms with Gasteiger partial charge in [0, 0.05) is 33.2 Å². The van der Waals surface area contributed by atoms with Gasteiger partial charge in [-0.25, -0.2) is 15.0 Å². The summed E-state index contributed by atoms with van der Waals surface area (Å²) in [5.74, 6) is 1.95. The Morgan fingerprint density at radius 1 is 0.345 bits per heavy atom. The van der Waals surface area contributed by atoms with Crippen LogP contribution < -0.4 is 0 Å². The van der Waals surface area contributed by atoms with E-state index in [4.69, 9.17) is 15.0 Å². The molecule has 58 heavy (non-hydrogen) atoms.